The van der Waals surface area contributed by atoms with Crippen LogP contribution in [0.15, 0.2) is 46.1 Å². The smallest absolute Gasteiger partial charge is 0.257 e. The van der Waals surface area contributed by atoms with Crippen molar-refractivity contribution >= 4 is 23.4 Å². The number of aromatic nitrogens is 3. The number of aryl methyl sites for hydroxylation is 2. The fraction of sp³-hybridized carbons (Fsp3) is 0.278. The number of halogens is 2. The summed E-state index contributed by atoms with van der Waals surface area (Å²) in [6.45, 7) is 3.22. The lowest BCUT2D eigenvalue weighted by atomic mass is 10.2. The van der Waals surface area contributed by atoms with Crippen LogP contribution >= 0.6 is 11.8 Å². The van der Waals surface area contributed by atoms with E-state index in [4.69, 9.17) is 4.52 Å². The minimum Gasteiger partial charge on any atom is -0.361 e. The lowest BCUT2D eigenvalue weighted by Crippen LogP contribution is -2.12. The third kappa shape index (κ3) is 4.73. The summed E-state index contributed by atoms with van der Waals surface area (Å²) in [5.41, 5.74) is 2.69. The Morgan fingerprint density at radius 1 is 1.33 bits per heavy atom. The van der Waals surface area contributed by atoms with Gasteiger partial charge in [-0.2, -0.15) is 5.10 Å². The van der Waals surface area contributed by atoms with Crippen LogP contribution in [0.3, 0.4) is 0 Å². The summed E-state index contributed by atoms with van der Waals surface area (Å²) in [5, 5.41) is 10.4. The topological polar surface area (TPSA) is 73.0 Å². The molecule has 0 aliphatic carbocycles. The second kappa shape index (κ2) is 8.34. The van der Waals surface area contributed by atoms with Crippen molar-refractivity contribution in [2.24, 2.45) is 0 Å². The zero-order chi connectivity index (χ0) is 19.4. The molecule has 0 unspecified atom stereocenters. The van der Waals surface area contributed by atoms with Gasteiger partial charge in [-0.25, -0.2) is 8.78 Å². The molecule has 2 aromatic heterocycles. The number of thioether (sulfide) groups is 1. The molecule has 0 bridgehead atoms. The highest BCUT2D eigenvalue weighted by Crippen LogP contribution is 2.29. The van der Waals surface area contributed by atoms with Crippen LogP contribution in [0, 0.1) is 13.8 Å². The lowest BCUT2D eigenvalue weighted by Gasteiger charge is -2.09. The molecule has 9 heteroatoms. The monoisotopic (exact) mass is 392 g/mol. The summed E-state index contributed by atoms with van der Waals surface area (Å²) in [6.07, 6.45) is 0.221. The van der Waals surface area contributed by atoms with Crippen LogP contribution in [0.1, 0.15) is 27.4 Å². The van der Waals surface area contributed by atoms with E-state index < -0.39 is 13.0 Å². The van der Waals surface area contributed by atoms with Gasteiger partial charge >= 0.3 is 0 Å². The summed E-state index contributed by atoms with van der Waals surface area (Å²) < 4.78 is 31.1. The molecule has 3 rings (SSSR count). The van der Waals surface area contributed by atoms with Gasteiger partial charge in [0.05, 0.1) is 23.1 Å². The summed E-state index contributed by atoms with van der Waals surface area (Å²) in [6, 6.07) is 7.20. The summed E-state index contributed by atoms with van der Waals surface area (Å²) in [5.74, 6) is 1.06. The molecule has 1 N–H and O–H groups in total. The van der Waals surface area contributed by atoms with Gasteiger partial charge in [0.1, 0.15) is 12.3 Å². The van der Waals surface area contributed by atoms with E-state index in [0.29, 0.717) is 17.0 Å². The van der Waals surface area contributed by atoms with E-state index >= 15 is 0 Å². The van der Waals surface area contributed by atoms with Crippen molar-refractivity contribution in [2.75, 3.05) is 5.32 Å². The molecular formula is C18H18F2N4O2S. The minimum atomic E-state index is -2.50. The van der Waals surface area contributed by atoms with Crippen molar-refractivity contribution in [2.45, 2.75) is 37.5 Å². The molecule has 0 aliphatic heterocycles. The van der Waals surface area contributed by atoms with E-state index in [9.17, 15) is 13.6 Å². The molecule has 3 aromatic rings. The third-order valence-corrected chi connectivity index (χ3v) is 5.00. The molecule has 1 amide bonds. The first-order valence-electron chi connectivity index (χ1n) is 8.19. The van der Waals surface area contributed by atoms with Crippen LogP contribution in [-0.2, 0) is 12.3 Å². The van der Waals surface area contributed by atoms with Crippen LogP contribution in [0.5, 0.6) is 0 Å². The van der Waals surface area contributed by atoms with Crippen LogP contribution < -0.4 is 5.32 Å². The highest BCUT2D eigenvalue weighted by Gasteiger charge is 2.15. The molecule has 0 atom stereocenters. The summed E-state index contributed by atoms with van der Waals surface area (Å²) in [4.78, 5) is 13.4. The van der Waals surface area contributed by atoms with Gasteiger partial charge in [0.25, 0.3) is 12.3 Å². The van der Waals surface area contributed by atoms with E-state index in [0.717, 1.165) is 26.6 Å². The van der Waals surface area contributed by atoms with Gasteiger partial charge in [-0.1, -0.05) is 17.3 Å². The normalized spacial score (nSPS) is 11.1. The minimum absolute atomic E-state index is 0.326. The number of benzene rings is 1. The van der Waals surface area contributed by atoms with Crippen LogP contribution in [-0.4, -0.2) is 27.3 Å². The number of anilines is 1. The number of nitrogens with zero attached hydrogens (tertiary/aromatic N) is 3. The standard InChI is InChI=1S/C18H18F2N4O2S/c1-11-15(12(2)26-23-11)10-27-16-6-4-3-5-14(16)18(25)22-13-7-21-24(8-13)9-17(19)20/h3-8,17H,9-10H2,1-2H3,(H,22,25). The van der Waals surface area contributed by atoms with Gasteiger partial charge in [-0.15, -0.1) is 11.8 Å². The molecule has 0 spiro atoms. The number of hydrogen-bond donors (Lipinski definition) is 1. The SMILES string of the molecule is Cc1noc(C)c1CSc1ccccc1C(=O)Nc1cnn(CC(F)F)c1. The van der Waals surface area contributed by atoms with Crippen molar-refractivity contribution in [3.05, 3.63) is 59.2 Å². The Kier molecular flexibility index (Phi) is 5.90. The van der Waals surface area contributed by atoms with Crippen LogP contribution in [0.25, 0.3) is 0 Å². The highest BCUT2D eigenvalue weighted by molar-refractivity contribution is 7.98. The molecule has 27 heavy (non-hydrogen) atoms. The molecule has 0 saturated heterocycles. The number of amides is 1. The molecule has 2 heterocycles. The Morgan fingerprint density at radius 3 is 2.81 bits per heavy atom. The first kappa shape index (κ1) is 19.1. The van der Waals surface area contributed by atoms with Gasteiger partial charge < -0.3 is 9.84 Å². The Labute approximate surface area is 158 Å². The summed E-state index contributed by atoms with van der Waals surface area (Å²) >= 11 is 1.50. The fourth-order valence-electron chi connectivity index (χ4n) is 2.51. The number of alkyl halides is 2. The van der Waals surface area contributed by atoms with E-state index in [-0.39, 0.29) is 5.91 Å². The largest absolute Gasteiger partial charge is 0.361 e. The molecule has 1 aromatic carbocycles. The van der Waals surface area contributed by atoms with Crippen molar-refractivity contribution in [3.63, 3.8) is 0 Å². The van der Waals surface area contributed by atoms with E-state index in [1.54, 1.807) is 12.1 Å². The Bertz CT molecular complexity index is 920. The average Bonchev–Trinajstić information content (AvgIpc) is 3.19. The predicted molar refractivity (Wildman–Crippen MR) is 98.2 cm³/mol. The Hall–Kier alpha value is -2.68. The molecular weight excluding hydrogens is 374 g/mol. The zero-order valence-electron chi connectivity index (χ0n) is 14.8. The predicted octanol–water partition coefficient (Wildman–Crippen LogP) is 4.30. The van der Waals surface area contributed by atoms with E-state index in [1.807, 2.05) is 26.0 Å². The molecule has 0 radical (unpaired) electrons. The summed E-state index contributed by atoms with van der Waals surface area (Å²) in [7, 11) is 0. The first-order valence-corrected chi connectivity index (χ1v) is 9.18. The van der Waals surface area contributed by atoms with Gasteiger partial charge in [0.15, 0.2) is 0 Å². The molecule has 142 valence electrons. The quantitative estimate of drug-likeness (QED) is 0.607. The van der Waals surface area contributed by atoms with Crippen molar-refractivity contribution in [1.82, 2.24) is 14.9 Å². The zero-order valence-corrected chi connectivity index (χ0v) is 15.6. The maximum absolute atomic E-state index is 12.6. The van der Waals surface area contributed by atoms with E-state index in [1.165, 1.54) is 24.2 Å². The second-order valence-electron chi connectivity index (χ2n) is 5.88. The van der Waals surface area contributed by atoms with Crippen molar-refractivity contribution in [1.29, 1.82) is 0 Å². The van der Waals surface area contributed by atoms with Crippen molar-refractivity contribution in [3.8, 4) is 0 Å². The maximum Gasteiger partial charge on any atom is 0.257 e. The third-order valence-electron chi connectivity index (χ3n) is 3.90. The number of carbonyl (C=O) groups excluding carboxylic acids is 1. The fourth-order valence-corrected chi connectivity index (χ4v) is 3.71. The van der Waals surface area contributed by atoms with Crippen LogP contribution in [0.4, 0.5) is 14.5 Å². The Balaban J connectivity index is 1.71. The number of carbonyl (C=O) groups is 1. The number of nitrogens with one attached hydrogen (secondary N) is 1. The Morgan fingerprint density at radius 2 is 2.11 bits per heavy atom. The molecule has 0 aliphatic rings. The van der Waals surface area contributed by atoms with Crippen LogP contribution in [0.2, 0.25) is 0 Å². The van der Waals surface area contributed by atoms with Gasteiger partial charge in [-0.3, -0.25) is 9.48 Å². The number of hydrogen-bond acceptors (Lipinski definition) is 5. The first-order chi connectivity index (χ1) is 12.9. The number of rotatable bonds is 7. The van der Waals surface area contributed by atoms with E-state index in [2.05, 4.69) is 15.6 Å². The average molecular weight is 392 g/mol. The highest BCUT2D eigenvalue weighted by atomic mass is 32.2. The molecule has 0 fully saturated rings. The second-order valence-corrected chi connectivity index (χ2v) is 6.90. The molecule has 6 nitrogen and oxygen atoms in total. The lowest BCUT2D eigenvalue weighted by molar-refractivity contribution is 0.102. The molecule has 0 saturated carbocycles. The van der Waals surface area contributed by atoms with Gasteiger partial charge in [-0.05, 0) is 26.0 Å². The van der Waals surface area contributed by atoms with Gasteiger partial charge in [0.2, 0.25) is 0 Å². The van der Waals surface area contributed by atoms with Crippen molar-refractivity contribution < 1.29 is 18.1 Å². The maximum atomic E-state index is 12.6. The van der Waals surface area contributed by atoms with Gasteiger partial charge in [0, 0.05) is 22.4 Å².